The van der Waals surface area contributed by atoms with Gasteiger partial charge in [0.2, 0.25) is 5.91 Å². The first-order chi connectivity index (χ1) is 8.48. The first kappa shape index (κ1) is 15.4. The van der Waals surface area contributed by atoms with E-state index in [1.54, 1.807) is 0 Å². The molecule has 1 amide bonds. The minimum Gasteiger partial charge on any atom is -0.342 e. The van der Waals surface area contributed by atoms with Crippen molar-refractivity contribution < 1.29 is 4.79 Å². The highest BCUT2D eigenvalue weighted by atomic mass is 16.2. The van der Waals surface area contributed by atoms with Gasteiger partial charge in [0.15, 0.2) is 0 Å². The van der Waals surface area contributed by atoms with Crippen molar-refractivity contribution in [3.05, 3.63) is 0 Å². The van der Waals surface area contributed by atoms with E-state index in [0.29, 0.717) is 13.1 Å². The molecule has 0 aliphatic carbocycles. The molecule has 2 N–H and O–H groups in total. The Morgan fingerprint density at radius 1 is 1.33 bits per heavy atom. The molecule has 1 saturated heterocycles. The number of rotatable bonds is 7. The molecular formula is C14H29N3O. The Morgan fingerprint density at radius 3 is 2.44 bits per heavy atom. The zero-order valence-corrected chi connectivity index (χ0v) is 12.2. The minimum atomic E-state index is 0.0838. The van der Waals surface area contributed by atoms with Crippen LogP contribution >= 0.6 is 0 Å². The Bertz CT molecular complexity index is 260. The van der Waals surface area contributed by atoms with E-state index in [1.807, 2.05) is 4.90 Å². The van der Waals surface area contributed by atoms with Gasteiger partial charge in [-0.05, 0) is 37.8 Å². The Kier molecular flexibility index (Phi) is 6.09. The molecule has 18 heavy (non-hydrogen) atoms. The van der Waals surface area contributed by atoms with Crippen LogP contribution in [0.2, 0.25) is 0 Å². The fourth-order valence-electron chi connectivity index (χ4n) is 2.46. The van der Waals surface area contributed by atoms with Crippen molar-refractivity contribution in [3.63, 3.8) is 0 Å². The molecule has 0 atom stereocenters. The van der Waals surface area contributed by atoms with E-state index in [0.717, 1.165) is 45.4 Å². The zero-order valence-electron chi connectivity index (χ0n) is 12.2. The van der Waals surface area contributed by atoms with E-state index in [1.165, 1.54) is 0 Å². The predicted octanol–water partition coefficient (Wildman–Crippen LogP) is 1.31. The van der Waals surface area contributed by atoms with Crippen molar-refractivity contribution in [1.29, 1.82) is 0 Å². The van der Waals surface area contributed by atoms with Crippen molar-refractivity contribution in [2.75, 3.05) is 39.3 Å². The fraction of sp³-hybridized carbons (Fsp3) is 0.929. The number of hydrogen-bond acceptors (Lipinski definition) is 3. The molecule has 1 rings (SSSR count). The minimum absolute atomic E-state index is 0.0838. The molecule has 1 heterocycles. The van der Waals surface area contributed by atoms with Gasteiger partial charge in [-0.2, -0.15) is 0 Å². The van der Waals surface area contributed by atoms with Crippen LogP contribution in [-0.2, 0) is 4.79 Å². The summed E-state index contributed by atoms with van der Waals surface area (Å²) >= 11 is 0. The van der Waals surface area contributed by atoms with Crippen LogP contribution in [-0.4, -0.2) is 55.0 Å². The maximum Gasteiger partial charge on any atom is 0.236 e. The third-order valence-corrected chi connectivity index (χ3v) is 3.56. The number of carbonyl (C=O) groups excluding carboxylic acids is 1. The summed E-state index contributed by atoms with van der Waals surface area (Å²) in [4.78, 5) is 16.4. The first-order valence-corrected chi connectivity index (χ1v) is 7.18. The topological polar surface area (TPSA) is 49.6 Å². The maximum atomic E-state index is 12.2. The highest BCUT2D eigenvalue weighted by Crippen LogP contribution is 2.16. The van der Waals surface area contributed by atoms with Crippen molar-refractivity contribution in [2.45, 2.75) is 40.0 Å². The molecule has 106 valence electrons. The largest absolute Gasteiger partial charge is 0.342 e. The molecule has 0 spiro atoms. The molecule has 0 aromatic rings. The van der Waals surface area contributed by atoms with Gasteiger partial charge in [-0.15, -0.1) is 0 Å². The number of amides is 1. The number of carbonyl (C=O) groups is 1. The molecule has 0 bridgehead atoms. The SMILES string of the molecule is CCCN(CC(=O)N1CCCC1)CC(C)(C)CN. The number of nitrogens with zero attached hydrogens (tertiary/aromatic N) is 2. The Labute approximate surface area is 111 Å². The highest BCUT2D eigenvalue weighted by molar-refractivity contribution is 5.78. The van der Waals surface area contributed by atoms with Gasteiger partial charge >= 0.3 is 0 Å². The van der Waals surface area contributed by atoms with Crippen molar-refractivity contribution in [3.8, 4) is 0 Å². The van der Waals surface area contributed by atoms with E-state index in [9.17, 15) is 4.79 Å². The molecule has 1 aliphatic rings. The van der Waals surface area contributed by atoms with E-state index >= 15 is 0 Å². The van der Waals surface area contributed by atoms with E-state index in [4.69, 9.17) is 5.73 Å². The summed E-state index contributed by atoms with van der Waals surface area (Å²) in [6, 6.07) is 0. The van der Waals surface area contributed by atoms with E-state index in [-0.39, 0.29) is 11.3 Å². The lowest BCUT2D eigenvalue weighted by Gasteiger charge is -2.32. The van der Waals surface area contributed by atoms with Crippen molar-refractivity contribution >= 4 is 5.91 Å². The molecule has 1 aliphatic heterocycles. The predicted molar refractivity (Wildman–Crippen MR) is 75.4 cm³/mol. The lowest BCUT2D eigenvalue weighted by molar-refractivity contribution is -0.131. The quantitative estimate of drug-likeness (QED) is 0.746. The summed E-state index contributed by atoms with van der Waals surface area (Å²) in [6.45, 7) is 11.5. The third kappa shape index (κ3) is 4.94. The Hall–Kier alpha value is -0.610. The van der Waals surface area contributed by atoms with Gasteiger partial charge in [0.1, 0.15) is 0 Å². The molecule has 0 unspecified atom stereocenters. The standard InChI is InChI=1S/C14H29N3O/c1-4-7-16(12-14(2,3)11-15)10-13(18)17-8-5-6-9-17/h4-12,15H2,1-3H3. The van der Waals surface area contributed by atoms with E-state index in [2.05, 4.69) is 25.7 Å². The van der Waals surface area contributed by atoms with Crippen LogP contribution in [0, 0.1) is 5.41 Å². The van der Waals surface area contributed by atoms with Crippen LogP contribution in [0.4, 0.5) is 0 Å². The third-order valence-electron chi connectivity index (χ3n) is 3.56. The molecule has 4 nitrogen and oxygen atoms in total. The van der Waals surface area contributed by atoms with Crippen LogP contribution in [0.25, 0.3) is 0 Å². The monoisotopic (exact) mass is 255 g/mol. The number of likely N-dealkylation sites (tertiary alicyclic amines) is 1. The molecular weight excluding hydrogens is 226 g/mol. The van der Waals surface area contributed by atoms with Gasteiger partial charge in [-0.3, -0.25) is 9.69 Å². The smallest absolute Gasteiger partial charge is 0.236 e. The number of nitrogens with two attached hydrogens (primary N) is 1. The molecule has 0 aromatic heterocycles. The van der Waals surface area contributed by atoms with Gasteiger partial charge in [-0.1, -0.05) is 20.8 Å². The Morgan fingerprint density at radius 2 is 1.94 bits per heavy atom. The average Bonchev–Trinajstić information content (AvgIpc) is 2.82. The average molecular weight is 255 g/mol. The molecule has 1 fully saturated rings. The second kappa shape index (κ2) is 7.10. The second-order valence-corrected chi connectivity index (χ2v) is 6.17. The van der Waals surface area contributed by atoms with Gasteiger partial charge < -0.3 is 10.6 Å². The van der Waals surface area contributed by atoms with Crippen LogP contribution in [0.5, 0.6) is 0 Å². The lowest BCUT2D eigenvalue weighted by Crippen LogP contribution is -2.44. The first-order valence-electron chi connectivity index (χ1n) is 7.18. The summed E-state index contributed by atoms with van der Waals surface area (Å²) in [5, 5.41) is 0. The highest BCUT2D eigenvalue weighted by Gasteiger charge is 2.24. The van der Waals surface area contributed by atoms with Crippen LogP contribution in [0.1, 0.15) is 40.0 Å². The maximum absolute atomic E-state index is 12.2. The van der Waals surface area contributed by atoms with Gasteiger partial charge in [-0.25, -0.2) is 0 Å². The Balaban J connectivity index is 2.48. The van der Waals surface area contributed by atoms with Crippen LogP contribution < -0.4 is 5.73 Å². The summed E-state index contributed by atoms with van der Waals surface area (Å²) < 4.78 is 0. The van der Waals surface area contributed by atoms with Crippen LogP contribution in [0.15, 0.2) is 0 Å². The molecule has 4 heteroatoms. The molecule has 0 radical (unpaired) electrons. The molecule has 0 saturated carbocycles. The van der Waals surface area contributed by atoms with Gasteiger partial charge in [0, 0.05) is 19.6 Å². The van der Waals surface area contributed by atoms with Gasteiger partial charge in [0.25, 0.3) is 0 Å². The summed E-state index contributed by atoms with van der Waals surface area (Å²) in [5.41, 5.74) is 5.87. The van der Waals surface area contributed by atoms with E-state index < -0.39 is 0 Å². The zero-order chi connectivity index (χ0) is 13.6. The summed E-state index contributed by atoms with van der Waals surface area (Å²) in [7, 11) is 0. The van der Waals surface area contributed by atoms with Gasteiger partial charge in [0.05, 0.1) is 6.54 Å². The lowest BCUT2D eigenvalue weighted by atomic mass is 9.93. The van der Waals surface area contributed by atoms with Crippen molar-refractivity contribution in [1.82, 2.24) is 9.80 Å². The normalized spacial score (nSPS) is 16.6. The second-order valence-electron chi connectivity index (χ2n) is 6.17. The summed E-state index contributed by atoms with van der Waals surface area (Å²) in [6.07, 6.45) is 3.40. The van der Waals surface area contributed by atoms with Crippen molar-refractivity contribution in [2.24, 2.45) is 11.1 Å². The van der Waals surface area contributed by atoms with Crippen LogP contribution in [0.3, 0.4) is 0 Å². The summed E-state index contributed by atoms with van der Waals surface area (Å²) in [5.74, 6) is 0.286. The number of hydrogen-bond donors (Lipinski definition) is 1. The molecule has 0 aromatic carbocycles. The fourth-order valence-corrected chi connectivity index (χ4v) is 2.46.